The summed E-state index contributed by atoms with van der Waals surface area (Å²) in [6, 6.07) is 16.4. The first-order chi connectivity index (χ1) is 13.1. The maximum Gasteiger partial charge on any atom is 0.274 e. The van der Waals surface area contributed by atoms with Crippen molar-refractivity contribution in [2.75, 3.05) is 13.7 Å². The monoisotopic (exact) mass is 367 g/mol. The smallest absolute Gasteiger partial charge is 0.274 e. The Kier molecular flexibility index (Phi) is 5.95. The Hall–Kier alpha value is -3.03. The van der Waals surface area contributed by atoms with E-state index in [-0.39, 0.29) is 24.4 Å². The molecule has 140 valence electrons. The molecule has 7 nitrogen and oxygen atoms in total. The summed E-state index contributed by atoms with van der Waals surface area (Å²) in [4.78, 5) is 24.8. The van der Waals surface area contributed by atoms with E-state index in [1.165, 1.54) is 7.05 Å². The summed E-state index contributed by atoms with van der Waals surface area (Å²) >= 11 is 0. The number of nitrogens with one attached hydrogen (secondary N) is 1. The highest BCUT2D eigenvalue weighted by Crippen LogP contribution is 2.13. The van der Waals surface area contributed by atoms with Crippen molar-refractivity contribution >= 4 is 16.7 Å². The van der Waals surface area contributed by atoms with Gasteiger partial charge < -0.3 is 15.2 Å². The van der Waals surface area contributed by atoms with Crippen LogP contribution in [0.4, 0.5) is 0 Å². The van der Waals surface area contributed by atoms with Crippen molar-refractivity contribution in [1.29, 1.82) is 0 Å². The number of amides is 1. The number of hydrogen-bond donors (Lipinski definition) is 2. The fraction of sp³-hybridized carbons (Fsp3) is 0.250. The van der Waals surface area contributed by atoms with Gasteiger partial charge in [0.15, 0.2) is 5.69 Å². The topological polar surface area (TPSA) is 93.5 Å². The number of benzene rings is 2. The Bertz CT molecular complexity index is 985. The van der Waals surface area contributed by atoms with Crippen LogP contribution in [0.2, 0.25) is 0 Å². The summed E-state index contributed by atoms with van der Waals surface area (Å²) in [6.45, 7) is 0.342. The van der Waals surface area contributed by atoms with Gasteiger partial charge in [-0.3, -0.25) is 9.59 Å². The maximum absolute atomic E-state index is 12.6. The fourth-order valence-electron chi connectivity index (χ4n) is 2.78. The minimum Gasteiger partial charge on any atom is -0.389 e. The van der Waals surface area contributed by atoms with Crippen molar-refractivity contribution in [3.05, 3.63) is 76.2 Å². The molecular weight excluding hydrogens is 346 g/mol. The van der Waals surface area contributed by atoms with Gasteiger partial charge >= 0.3 is 0 Å². The van der Waals surface area contributed by atoms with E-state index in [1.807, 2.05) is 30.3 Å². The van der Waals surface area contributed by atoms with Crippen LogP contribution in [0.1, 0.15) is 16.1 Å². The van der Waals surface area contributed by atoms with Crippen LogP contribution in [0.3, 0.4) is 0 Å². The normalized spacial score (nSPS) is 12.1. The molecule has 1 atom stereocenters. The molecule has 3 aromatic rings. The SMILES string of the molecule is CNC(=O)c1nn(C[C@H](O)COCc2ccccc2)c(=O)c2ccccc12. The second kappa shape index (κ2) is 8.57. The van der Waals surface area contributed by atoms with Crippen LogP contribution in [0.25, 0.3) is 10.8 Å². The van der Waals surface area contributed by atoms with E-state index in [0.29, 0.717) is 17.4 Å². The second-order valence-corrected chi connectivity index (χ2v) is 6.12. The number of hydrogen-bond acceptors (Lipinski definition) is 5. The largest absolute Gasteiger partial charge is 0.389 e. The van der Waals surface area contributed by atoms with Crippen molar-refractivity contribution < 1.29 is 14.6 Å². The Morgan fingerprint density at radius 1 is 1.15 bits per heavy atom. The first kappa shape index (κ1) is 18.8. The number of aliphatic hydroxyl groups is 1. The first-order valence-corrected chi connectivity index (χ1v) is 8.62. The summed E-state index contributed by atoms with van der Waals surface area (Å²) < 4.78 is 6.62. The number of aliphatic hydroxyl groups excluding tert-OH is 1. The van der Waals surface area contributed by atoms with Crippen molar-refractivity contribution in [3.63, 3.8) is 0 Å². The predicted molar refractivity (Wildman–Crippen MR) is 101 cm³/mol. The zero-order valence-electron chi connectivity index (χ0n) is 15.0. The van der Waals surface area contributed by atoms with Crippen molar-refractivity contribution in [3.8, 4) is 0 Å². The molecule has 1 amide bonds. The number of nitrogens with zero attached hydrogens (tertiary/aromatic N) is 2. The van der Waals surface area contributed by atoms with Gasteiger partial charge in [-0.2, -0.15) is 5.10 Å². The Balaban J connectivity index is 1.76. The van der Waals surface area contributed by atoms with E-state index < -0.39 is 12.0 Å². The molecule has 0 aliphatic carbocycles. The van der Waals surface area contributed by atoms with Gasteiger partial charge in [0.1, 0.15) is 0 Å². The molecule has 0 aliphatic rings. The molecule has 0 radical (unpaired) electrons. The Labute approximate surface area is 156 Å². The van der Waals surface area contributed by atoms with Crippen LogP contribution in [0.5, 0.6) is 0 Å². The molecule has 0 spiro atoms. The average molecular weight is 367 g/mol. The van der Waals surface area contributed by atoms with Crippen LogP contribution < -0.4 is 10.9 Å². The highest BCUT2D eigenvalue weighted by molar-refractivity contribution is 6.04. The van der Waals surface area contributed by atoms with Gasteiger partial charge in [-0.1, -0.05) is 48.5 Å². The van der Waals surface area contributed by atoms with Crippen LogP contribution in [-0.2, 0) is 17.9 Å². The lowest BCUT2D eigenvalue weighted by Gasteiger charge is -2.14. The van der Waals surface area contributed by atoms with Gasteiger partial charge in [0.25, 0.3) is 11.5 Å². The number of fused-ring (bicyclic) bond motifs is 1. The standard InChI is InChI=1S/C20H21N3O4/c1-21-19(25)18-16-9-5-6-10-17(16)20(26)23(22-18)11-15(24)13-27-12-14-7-3-2-4-8-14/h2-10,15,24H,11-13H2,1H3,(H,21,25)/t15-/m0/s1. The van der Waals surface area contributed by atoms with Crippen molar-refractivity contribution in [1.82, 2.24) is 15.1 Å². The molecule has 2 N–H and O–H groups in total. The lowest BCUT2D eigenvalue weighted by atomic mass is 10.1. The van der Waals surface area contributed by atoms with E-state index in [9.17, 15) is 14.7 Å². The highest BCUT2D eigenvalue weighted by Gasteiger charge is 2.17. The second-order valence-electron chi connectivity index (χ2n) is 6.12. The summed E-state index contributed by atoms with van der Waals surface area (Å²) in [5, 5.41) is 17.8. The molecule has 0 aliphatic heterocycles. The summed E-state index contributed by atoms with van der Waals surface area (Å²) in [7, 11) is 1.50. The maximum atomic E-state index is 12.6. The van der Waals surface area contributed by atoms with Gasteiger partial charge in [-0.15, -0.1) is 0 Å². The van der Waals surface area contributed by atoms with Gasteiger partial charge in [0.2, 0.25) is 0 Å². The molecule has 3 rings (SSSR count). The summed E-state index contributed by atoms with van der Waals surface area (Å²) in [5.74, 6) is -0.394. The van der Waals surface area contributed by atoms with Crippen LogP contribution in [0, 0.1) is 0 Å². The molecule has 7 heteroatoms. The number of ether oxygens (including phenoxy) is 1. The quantitative estimate of drug-likeness (QED) is 0.657. The number of carbonyl (C=O) groups is 1. The fourth-order valence-corrected chi connectivity index (χ4v) is 2.78. The first-order valence-electron chi connectivity index (χ1n) is 8.62. The van der Waals surface area contributed by atoms with E-state index in [1.54, 1.807) is 24.3 Å². The summed E-state index contributed by atoms with van der Waals surface area (Å²) in [5.41, 5.74) is 0.776. The zero-order chi connectivity index (χ0) is 19.2. The third kappa shape index (κ3) is 4.39. The minimum absolute atomic E-state index is 0.0468. The third-order valence-electron chi connectivity index (χ3n) is 4.12. The van der Waals surface area contributed by atoms with Crippen LogP contribution in [0.15, 0.2) is 59.4 Å². The van der Waals surface area contributed by atoms with E-state index in [0.717, 1.165) is 10.2 Å². The van der Waals surface area contributed by atoms with E-state index >= 15 is 0 Å². The number of aromatic nitrogens is 2. The van der Waals surface area contributed by atoms with Crippen LogP contribution >= 0.6 is 0 Å². The molecule has 27 heavy (non-hydrogen) atoms. The Morgan fingerprint density at radius 3 is 2.52 bits per heavy atom. The van der Waals surface area contributed by atoms with Gasteiger partial charge in [-0.05, 0) is 11.6 Å². The lowest BCUT2D eigenvalue weighted by Crippen LogP contribution is -2.34. The molecule has 1 heterocycles. The van der Waals surface area contributed by atoms with Gasteiger partial charge in [-0.25, -0.2) is 4.68 Å². The number of rotatable bonds is 7. The molecule has 1 aromatic heterocycles. The zero-order valence-corrected chi connectivity index (χ0v) is 15.0. The minimum atomic E-state index is -0.933. The van der Waals surface area contributed by atoms with Gasteiger partial charge in [0, 0.05) is 12.4 Å². The number of carbonyl (C=O) groups excluding carboxylic acids is 1. The molecule has 0 saturated carbocycles. The third-order valence-corrected chi connectivity index (χ3v) is 4.12. The predicted octanol–water partition coefficient (Wildman–Crippen LogP) is 1.33. The molecular formula is C20H21N3O4. The van der Waals surface area contributed by atoms with E-state index in [4.69, 9.17) is 4.74 Å². The molecule has 0 unspecified atom stereocenters. The van der Waals surface area contributed by atoms with Crippen LogP contribution in [-0.4, -0.2) is 40.6 Å². The summed E-state index contributed by atoms with van der Waals surface area (Å²) in [6.07, 6.45) is -0.933. The average Bonchev–Trinajstić information content (AvgIpc) is 2.70. The van der Waals surface area contributed by atoms with Crippen molar-refractivity contribution in [2.45, 2.75) is 19.3 Å². The Morgan fingerprint density at radius 2 is 1.81 bits per heavy atom. The molecule has 0 saturated heterocycles. The molecule has 0 bridgehead atoms. The highest BCUT2D eigenvalue weighted by atomic mass is 16.5. The lowest BCUT2D eigenvalue weighted by molar-refractivity contribution is 0.0180. The van der Waals surface area contributed by atoms with Crippen molar-refractivity contribution in [2.24, 2.45) is 0 Å². The van der Waals surface area contributed by atoms with Gasteiger partial charge in [0.05, 0.1) is 31.2 Å². The molecule has 2 aromatic carbocycles. The van der Waals surface area contributed by atoms with E-state index in [2.05, 4.69) is 10.4 Å². The molecule has 0 fully saturated rings.